The van der Waals surface area contributed by atoms with Crippen molar-refractivity contribution in [3.05, 3.63) is 32.2 Å². The Balaban J connectivity index is 3.51. The van der Waals surface area contributed by atoms with Crippen LogP contribution >= 0.6 is 31.9 Å². The first-order chi connectivity index (χ1) is 5.57. The molecule has 0 aromatic heterocycles. The van der Waals surface area contributed by atoms with Gasteiger partial charge in [0.25, 0.3) is 0 Å². The van der Waals surface area contributed by atoms with E-state index < -0.39 is 11.6 Å². The van der Waals surface area contributed by atoms with Crippen LogP contribution in [0.1, 0.15) is 10.4 Å². The Morgan fingerprint density at radius 2 is 1.92 bits per heavy atom. The van der Waals surface area contributed by atoms with Gasteiger partial charge in [0.05, 0.1) is 14.5 Å². The molecule has 0 fully saturated rings. The summed E-state index contributed by atoms with van der Waals surface area (Å²) in [5.74, 6) is -1.44. The monoisotopic (exact) mass is 298 g/mol. The fraction of sp³-hybridized carbons (Fsp3) is 0. The minimum Gasteiger partial charge on any atom is -0.298 e. The highest BCUT2D eigenvalue weighted by molar-refractivity contribution is 9.11. The van der Waals surface area contributed by atoms with Crippen molar-refractivity contribution in [1.29, 1.82) is 0 Å². The molecule has 0 aliphatic heterocycles. The molecule has 0 unspecified atom stereocenters. The first kappa shape index (κ1) is 9.80. The van der Waals surface area contributed by atoms with Crippen molar-refractivity contribution in [2.24, 2.45) is 0 Å². The van der Waals surface area contributed by atoms with Gasteiger partial charge in [-0.2, -0.15) is 0 Å². The minimum atomic E-state index is -0.759. The third kappa shape index (κ3) is 1.56. The standard InChI is InChI=1S/C7H2Br2F2O/c8-4-1-5(10)3(2-12)6(9)7(4)11/h1-2H. The molecule has 1 aromatic rings. The highest BCUT2D eigenvalue weighted by Gasteiger charge is 2.14. The van der Waals surface area contributed by atoms with E-state index in [4.69, 9.17) is 0 Å². The summed E-state index contributed by atoms with van der Waals surface area (Å²) in [4.78, 5) is 10.3. The van der Waals surface area contributed by atoms with Crippen molar-refractivity contribution in [3.8, 4) is 0 Å². The lowest BCUT2D eigenvalue weighted by molar-refractivity contribution is 0.111. The summed E-state index contributed by atoms with van der Waals surface area (Å²) in [6.45, 7) is 0. The molecular formula is C7H2Br2F2O. The van der Waals surface area contributed by atoms with Gasteiger partial charge in [0, 0.05) is 0 Å². The maximum atomic E-state index is 12.9. The highest BCUT2D eigenvalue weighted by Crippen LogP contribution is 2.28. The van der Waals surface area contributed by atoms with Crippen molar-refractivity contribution in [2.75, 3.05) is 0 Å². The Morgan fingerprint density at radius 1 is 1.33 bits per heavy atom. The summed E-state index contributed by atoms with van der Waals surface area (Å²) in [5, 5.41) is 0. The molecule has 0 atom stereocenters. The number of hydrogen-bond acceptors (Lipinski definition) is 1. The SMILES string of the molecule is O=Cc1c(F)cc(Br)c(F)c1Br. The maximum Gasteiger partial charge on any atom is 0.154 e. The van der Waals surface area contributed by atoms with Crippen LogP contribution in [0.3, 0.4) is 0 Å². The van der Waals surface area contributed by atoms with Crippen LogP contribution in [0.15, 0.2) is 15.0 Å². The van der Waals surface area contributed by atoms with Gasteiger partial charge in [-0.25, -0.2) is 8.78 Å². The second-order valence-corrected chi connectivity index (χ2v) is 3.65. The topological polar surface area (TPSA) is 17.1 Å². The van der Waals surface area contributed by atoms with E-state index in [0.29, 0.717) is 0 Å². The van der Waals surface area contributed by atoms with Gasteiger partial charge < -0.3 is 0 Å². The molecule has 0 radical (unpaired) electrons. The van der Waals surface area contributed by atoms with Gasteiger partial charge in [0.15, 0.2) is 12.1 Å². The van der Waals surface area contributed by atoms with Crippen LogP contribution in [0.4, 0.5) is 8.78 Å². The Kier molecular flexibility index (Phi) is 2.95. The molecule has 0 saturated heterocycles. The second kappa shape index (κ2) is 3.62. The van der Waals surface area contributed by atoms with E-state index in [9.17, 15) is 13.6 Å². The van der Waals surface area contributed by atoms with Crippen molar-refractivity contribution in [1.82, 2.24) is 0 Å². The van der Waals surface area contributed by atoms with Gasteiger partial charge in [-0.05, 0) is 37.9 Å². The van der Waals surface area contributed by atoms with E-state index in [0.717, 1.165) is 6.07 Å². The van der Waals surface area contributed by atoms with Gasteiger partial charge in [-0.1, -0.05) is 0 Å². The lowest BCUT2D eigenvalue weighted by Crippen LogP contribution is -1.93. The fourth-order valence-corrected chi connectivity index (χ4v) is 1.85. The third-order valence-electron chi connectivity index (χ3n) is 1.27. The fourth-order valence-electron chi connectivity index (χ4n) is 0.688. The summed E-state index contributed by atoms with van der Waals surface area (Å²) in [6, 6.07) is 0.907. The molecule has 1 aromatic carbocycles. The molecule has 0 amide bonds. The van der Waals surface area contributed by atoms with Crippen molar-refractivity contribution in [2.45, 2.75) is 0 Å². The molecule has 0 saturated carbocycles. The van der Waals surface area contributed by atoms with E-state index >= 15 is 0 Å². The quantitative estimate of drug-likeness (QED) is 0.442. The largest absolute Gasteiger partial charge is 0.298 e. The van der Waals surface area contributed by atoms with E-state index in [-0.39, 0.29) is 20.8 Å². The Labute approximate surface area is 84.0 Å². The summed E-state index contributed by atoms with van der Waals surface area (Å²) in [6.07, 6.45) is 0.259. The average Bonchev–Trinajstić information content (AvgIpc) is 2.01. The number of benzene rings is 1. The van der Waals surface area contributed by atoms with Crippen LogP contribution in [0.25, 0.3) is 0 Å². The van der Waals surface area contributed by atoms with E-state index in [1.165, 1.54) is 0 Å². The maximum absolute atomic E-state index is 12.9. The van der Waals surface area contributed by atoms with Crippen molar-refractivity contribution < 1.29 is 13.6 Å². The molecule has 1 rings (SSSR count). The molecule has 0 aliphatic rings. The lowest BCUT2D eigenvalue weighted by atomic mass is 10.2. The summed E-state index contributed by atoms with van der Waals surface area (Å²) in [5.41, 5.74) is -0.310. The molecule has 5 heteroatoms. The van der Waals surface area contributed by atoms with Crippen LogP contribution < -0.4 is 0 Å². The molecule has 64 valence electrons. The summed E-state index contributed by atoms with van der Waals surface area (Å²) < 4.78 is 25.6. The van der Waals surface area contributed by atoms with Gasteiger partial charge in [0.1, 0.15) is 5.82 Å². The Morgan fingerprint density at radius 3 is 2.42 bits per heavy atom. The second-order valence-electron chi connectivity index (χ2n) is 2.00. The predicted octanol–water partition coefficient (Wildman–Crippen LogP) is 3.30. The van der Waals surface area contributed by atoms with Crippen molar-refractivity contribution >= 4 is 38.1 Å². The molecule has 12 heavy (non-hydrogen) atoms. The number of halogens is 4. The smallest absolute Gasteiger partial charge is 0.154 e. The first-order valence-electron chi connectivity index (χ1n) is 2.86. The van der Waals surface area contributed by atoms with Crippen LogP contribution in [-0.2, 0) is 0 Å². The Hall–Kier alpha value is -0.290. The van der Waals surface area contributed by atoms with E-state index in [2.05, 4.69) is 31.9 Å². The number of carbonyl (C=O) groups is 1. The molecule has 1 nitrogen and oxygen atoms in total. The van der Waals surface area contributed by atoms with Crippen LogP contribution in [0.5, 0.6) is 0 Å². The van der Waals surface area contributed by atoms with Gasteiger partial charge >= 0.3 is 0 Å². The molecule has 0 heterocycles. The molecule has 0 aliphatic carbocycles. The zero-order valence-corrected chi connectivity index (χ0v) is 8.75. The van der Waals surface area contributed by atoms with Gasteiger partial charge in [-0.3, -0.25) is 4.79 Å². The first-order valence-corrected chi connectivity index (χ1v) is 4.44. The summed E-state index contributed by atoms with van der Waals surface area (Å²) >= 11 is 5.57. The van der Waals surface area contributed by atoms with Crippen LogP contribution in [0.2, 0.25) is 0 Å². The number of rotatable bonds is 1. The number of carbonyl (C=O) groups excluding carboxylic acids is 1. The van der Waals surface area contributed by atoms with Gasteiger partial charge in [-0.15, -0.1) is 0 Å². The minimum absolute atomic E-state index is 0.0162. The van der Waals surface area contributed by atoms with E-state index in [1.807, 2.05) is 0 Å². The molecule has 0 spiro atoms. The number of aldehydes is 1. The Bertz CT molecular complexity index is 339. The zero-order chi connectivity index (χ0) is 9.30. The predicted molar refractivity (Wildman–Crippen MR) is 47.1 cm³/mol. The average molecular weight is 300 g/mol. The zero-order valence-electron chi connectivity index (χ0n) is 5.57. The van der Waals surface area contributed by atoms with Crippen LogP contribution in [-0.4, -0.2) is 6.29 Å². The molecular weight excluding hydrogens is 298 g/mol. The normalized spacial score (nSPS) is 10.0. The third-order valence-corrected chi connectivity index (χ3v) is 2.62. The summed E-state index contributed by atoms with van der Waals surface area (Å²) in [7, 11) is 0. The highest BCUT2D eigenvalue weighted by atomic mass is 79.9. The van der Waals surface area contributed by atoms with E-state index in [1.54, 1.807) is 0 Å². The molecule has 0 bridgehead atoms. The van der Waals surface area contributed by atoms with Crippen molar-refractivity contribution in [3.63, 3.8) is 0 Å². The van der Waals surface area contributed by atoms with Crippen LogP contribution in [0, 0.1) is 11.6 Å². The molecule has 0 N–H and O–H groups in total. The number of hydrogen-bond donors (Lipinski definition) is 0. The lowest BCUT2D eigenvalue weighted by Gasteiger charge is -2.01. The van der Waals surface area contributed by atoms with Gasteiger partial charge in [0.2, 0.25) is 0 Å².